The van der Waals surface area contributed by atoms with Gasteiger partial charge in [-0.25, -0.2) is 0 Å². The van der Waals surface area contributed by atoms with E-state index >= 15 is 0 Å². The molecule has 1 fully saturated rings. The van der Waals surface area contributed by atoms with Crippen molar-refractivity contribution < 1.29 is 14.4 Å². The molecule has 0 saturated carbocycles. The first-order valence-electron chi connectivity index (χ1n) is 10.6. The summed E-state index contributed by atoms with van der Waals surface area (Å²) in [5, 5.41) is 3.32. The number of nitrogens with one attached hydrogen (secondary N) is 2. The van der Waals surface area contributed by atoms with Gasteiger partial charge >= 0.3 is 0 Å². The van der Waals surface area contributed by atoms with Gasteiger partial charge in [0, 0.05) is 5.56 Å². The number of carbonyl (C=O) groups is 1. The Kier molecular flexibility index (Phi) is 6.08. The molecule has 0 radical (unpaired) electrons. The lowest BCUT2D eigenvalue weighted by Crippen LogP contribution is -3.14. The number of aryl methyl sites for hydroxylation is 3. The van der Waals surface area contributed by atoms with Crippen molar-refractivity contribution in [3.8, 4) is 0 Å². The lowest BCUT2D eigenvalue weighted by atomic mass is 9.90. The first-order chi connectivity index (χ1) is 13.7. The number of rotatable bonds is 5. The molecule has 148 valence electrons. The summed E-state index contributed by atoms with van der Waals surface area (Å²) in [6.45, 7) is 6.58. The molecule has 2 aromatic carbocycles. The number of hydrogen-bond donors (Lipinski definition) is 2. The Bertz CT molecular complexity index is 810. The lowest BCUT2D eigenvalue weighted by Gasteiger charge is -2.28. The molecule has 2 aromatic rings. The highest BCUT2D eigenvalue weighted by Crippen LogP contribution is 2.22. The van der Waals surface area contributed by atoms with Crippen LogP contribution in [0.2, 0.25) is 0 Å². The number of ether oxygens (including phenoxy) is 1. The highest BCUT2D eigenvalue weighted by Gasteiger charge is 2.24. The van der Waals surface area contributed by atoms with Crippen LogP contribution in [0.3, 0.4) is 0 Å². The minimum atomic E-state index is 0.0113. The monoisotopic (exact) mass is 379 g/mol. The van der Waals surface area contributed by atoms with E-state index in [0.717, 1.165) is 51.3 Å². The van der Waals surface area contributed by atoms with Gasteiger partial charge in [0.1, 0.15) is 25.7 Å². The van der Waals surface area contributed by atoms with Gasteiger partial charge in [-0.3, -0.25) is 4.79 Å². The molecule has 2 N–H and O–H groups in total. The summed E-state index contributed by atoms with van der Waals surface area (Å²) < 4.78 is 5.50. The molecule has 1 heterocycles. The molecule has 1 aliphatic heterocycles. The van der Waals surface area contributed by atoms with Crippen LogP contribution in [0.5, 0.6) is 0 Å². The van der Waals surface area contributed by atoms with Crippen molar-refractivity contribution >= 4 is 5.91 Å². The maximum Gasteiger partial charge on any atom is 0.251 e. The highest BCUT2D eigenvalue weighted by atomic mass is 16.5. The van der Waals surface area contributed by atoms with Crippen molar-refractivity contribution in [2.75, 3.05) is 32.8 Å². The van der Waals surface area contributed by atoms with E-state index < -0.39 is 0 Å². The van der Waals surface area contributed by atoms with E-state index in [1.807, 2.05) is 6.07 Å². The van der Waals surface area contributed by atoms with Gasteiger partial charge in [0.15, 0.2) is 0 Å². The van der Waals surface area contributed by atoms with Crippen LogP contribution in [0.15, 0.2) is 42.5 Å². The minimum Gasteiger partial charge on any atom is -0.370 e. The summed E-state index contributed by atoms with van der Waals surface area (Å²) in [5.74, 6) is 0.0339. The molecule has 1 saturated heterocycles. The Balaban J connectivity index is 1.52. The third-order valence-corrected chi connectivity index (χ3v) is 6.09. The largest absolute Gasteiger partial charge is 0.370 e. The molecule has 1 amide bonds. The molecule has 0 aromatic heterocycles. The molecule has 1 aliphatic carbocycles. The molecule has 0 unspecified atom stereocenters. The van der Waals surface area contributed by atoms with Gasteiger partial charge in [0.2, 0.25) is 0 Å². The summed E-state index contributed by atoms with van der Waals surface area (Å²) in [6.07, 6.45) is 4.72. The van der Waals surface area contributed by atoms with Crippen LogP contribution < -0.4 is 10.2 Å². The highest BCUT2D eigenvalue weighted by molar-refractivity contribution is 5.94. The van der Waals surface area contributed by atoms with Gasteiger partial charge < -0.3 is 15.0 Å². The topological polar surface area (TPSA) is 42.8 Å². The number of hydrogen-bond acceptors (Lipinski definition) is 2. The van der Waals surface area contributed by atoms with E-state index in [0.29, 0.717) is 0 Å². The fourth-order valence-corrected chi connectivity index (χ4v) is 4.32. The SMILES string of the molecule is Cc1ccc([C@H](C[NH+]2CCOCC2)NC(=O)c2ccc3c(c2)CCCC3)cc1. The first kappa shape index (κ1) is 19.2. The Morgan fingerprint density at radius 3 is 2.50 bits per heavy atom. The molecular formula is C24H31N2O2+. The van der Waals surface area contributed by atoms with Crippen LogP contribution in [0.25, 0.3) is 0 Å². The molecule has 4 nitrogen and oxygen atoms in total. The Morgan fingerprint density at radius 1 is 1.04 bits per heavy atom. The normalized spacial score (nSPS) is 18.3. The van der Waals surface area contributed by atoms with Crippen molar-refractivity contribution in [3.05, 3.63) is 70.3 Å². The minimum absolute atomic E-state index is 0.0113. The van der Waals surface area contributed by atoms with Crippen LogP contribution in [0, 0.1) is 6.92 Å². The third-order valence-electron chi connectivity index (χ3n) is 6.09. The maximum absolute atomic E-state index is 13.1. The van der Waals surface area contributed by atoms with Crippen LogP contribution in [0.1, 0.15) is 51.5 Å². The second kappa shape index (κ2) is 8.89. The molecule has 2 aliphatic rings. The molecule has 4 heteroatoms. The zero-order valence-electron chi connectivity index (χ0n) is 16.8. The Morgan fingerprint density at radius 2 is 1.75 bits per heavy atom. The van der Waals surface area contributed by atoms with Gasteiger partial charge in [0.05, 0.1) is 13.2 Å². The van der Waals surface area contributed by atoms with E-state index in [-0.39, 0.29) is 11.9 Å². The number of amides is 1. The van der Waals surface area contributed by atoms with Gasteiger partial charge in [-0.1, -0.05) is 35.9 Å². The summed E-state index contributed by atoms with van der Waals surface area (Å²) >= 11 is 0. The van der Waals surface area contributed by atoms with E-state index in [9.17, 15) is 4.79 Å². The summed E-state index contributed by atoms with van der Waals surface area (Å²) in [4.78, 5) is 14.6. The summed E-state index contributed by atoms with van der Waals surface area (Å²) in [7, 11) is 0. The molecule has 0 spiro atoms. The van der Waals surface area contributed by atoms with E-state index in [1.165, 1.54) is 40.0 Å². The van der Waals surface area contributed by atoms with Crippen molar-refractivity contribution in [2.24, 2.45) is 0 Å². The van der Waals surface area contributed by atoms with Crippen LogP contribution in [-0.4, -0.2) is 38.8 Å². The molecule has 0 bridgehead atoms. The number of fused-ring (bicyclic) bond motifs is 1. The molecular weight excluding hydrogens is 348 g/mol. The third kappa shape index (κ3) is 4.62. The van der Waals surface area contributed by atoms with Crippen molar-refractivity contribution in [2.45, 2.75) is 38.6 Å². The van der Waals surface area contributed by atoms with E-state index in [2.05, 4.69) is 48.6 Å². The van der Waals surface area contributed by atoms with Crippen LogP contribution in [-0.2, 0) is 17.6 Å². The number of benzene rings is 2. The van der Waals surface area contributed by atoms with Crippen LogP contribution in [0.4, 0.5) is 0 Å². The first-order valence-corrected chi connectivity index (χ1v) is 10.6. The maximum atomic E-state index is 13.1. The van der Waals surface area contributed by atoms with E-state index in [4.69, 9.17) is 4.74 Å². The number of quaternary nitrogens is 1. The second-order valence-corrected chi connectivity index (χ2v) is 8.19. The zero-order valence-corrected chi connectivity index (χ0v) is 16.8. The standard InChI is InChI=1S/C24H30N2O2/c1-18-6-8-20(9-7-18)23(17-26-12-14-28-15-13-26)25-24(27)22-11-10-19-4-2-3-5-21(19)16-22/h6-11,16,23H,2-5,12-15,17H2,1H3,(H,25,27)/p+1/t23-/m0/s1. The number of carbonyl (C=O) groups excluding carboxylic acids is 1. The average molecular weight is 380 g/mol. The summed E-state index contributed by atoms with van der Waals surface area (Å²) in [6, 6.07) is 14.8. The molecule has 1 atom stereocenters. The average Bonchev–Trinajstić information content (AvgIpc) is 2.74. The molecule has 4 rings (SSSR count). The Hall–Kier alpha value is -2.17. The predicted molar refractivity (Wildman–Crippen MR) is 111 cm³/mol. The zero-order chi connectivity index (χ0) is 19.3. The molecule has 28 heavy (non-hydrogen) atoms. The number of morpholine rings is 1. The fourth-order valence-electron chi connectivity index (χ4n) is 4.32. The Labute approximate surface area is 167 Å². The lowest BCUT2D eigenvalue weighted by molar-refractivity contribution is -0.909. The smallest absolute Gasteiger partial charge is 0.251 e. The predicted octanol–water partition coefficient (Wildman–Crippen LogP) is 2.26. The van der Waals surface area contributed by atoms with Gasteiger partial charge in [-0.2, -0.15) is 0 Å². The van der Waals surface area contributed by atoms with E-state index in [1.54, 1.807) is 0 Å². The van der Waals surface area contributed by atoms with Gasteiger partial charge in [-0.15, -0.1) is 0 Å². The fraction of sp³-hybridized carbons (Fsp3) is 0.458. The van der Waals surface area contributed by atoms with Crippen molar-refractivity contribution in [1.29, 1.82) is 0 Å². The van der Waals surface area contributed by atoms with Gasteiger partial charge in [0.25, 0.3) is 5.91 Å². The van der Waals surface area contributed by atoms with Crippen molar-refractivity contribution in [3.63, 3.8) is 0 Å². The summed E-state index contributed by atoms with van der Waals surface area (Å²) in [5.41, 5.74) is 5.97. The van der Waals surface area contributed by atoms with Gasteiger partial charge in [-0.05, 0) is 61.4 Å². The second-order valence-electron chi connectivity index (χ2n) is 8.19. The van der Waals surface area contributed by atoms with Crippen LogP contribution >= 0.6 is 0 Å². The quantitative estimate of drug-likeness (QED) is 0.837. The van der Waals surface area contributed by atoms with Crippen molar-refractivity contribution in [1.82, 2.24) is 5.32 Å².